The van der Waals surface area contributed by atoms with Crippen LogP contribution in [-0.2, 0) is 0 Å². The smallest absolute Gasteiger partial charge is 0.277 e. The molecule has 9 heteroatoms. The summed E-state index contributed by atoms with van der Waals surface area (Å²) < 4.78 is 0. The van der Waals surface area contributed by atoms with Gasteiger partial charge < -0.3 is 21.7 Å². The van der Waals surface area contributed by atoms with Crippen molar-refractivity contribution in [1.29, 1.82) is 0 Å². The van der Waals surface area contributed by atoms with Gasteiger partial charge in [-0.25, -0.2) is 4.98 Å². The zero-order chi connectivity index (χ0) is 18.1. The van der Waals surface area contributed by atoms with E-state index in [-0.39, 0.29) is 17.6 Å². The number of thiazole rings is 1. The molecule has 134 valence electrons. The summed E-state index contributed by atoms with van der Waals surface area (Å²) in [5.41, 5.74) is 14.9. The Kier molecular flexibility index (Phi) is 4.31. The topological polar surface area (TPSA) is 126 Å². The predicted octanol–water partition coefficient (Wildman–Crippen LogP) is 1.91. The van der Waals surface area contributed by atoms with Crippen molar-refractivity contribution >= 4 is 33.6 Å². The number of anilines is 3. The molecule has 0 radical (unpaired) electrons. The lowest BCUT2D eigenvalue weighted by Crippen LogP contribution is -2.26. The van der Waals surface area contributed by atoms with Crippen molar-refractivity contribution in [1.82, 2.24) is 15.2 Å². The fraction of sp³-hybridized carbons (Fsp3) is 0.235. The van der Waals surface area contributed by atoms with E-state index in [1.54, 1.807) is 6.20 Å². The first-order chi connectivity index (χ1) is 12.6. The third kappa shape index (κ3) is 3.26. The van der Waals surface area contributed by atoms with E-state index in [1.807, 2.05) is 12.1 Å². The van der Waals surface area contributed by atoms with Gasteiger partial charge in [-0.2, -0.15) is 5.10 Å². The van der Waals surface area contributed by atoms with Crippen molar-refractivity contribution in [3.05, 3.63) is 42.4 Å². The summed E-state index contributed by atoms with van der Waals surface area (Å²) in [7, 11) is 0. The first kappa shape index (κ1) is 16.6. The largest absolute Gasteiger partial charge is 0.389 e. The molecule has 1 amide bonds. The quantitative estimate of drug-likeness (QED) is 0.556. The minimum absolute atomic E-state index is 0.215. The first-order valence-electron chi connectivity index (χ1n) is 8.27. The molecule has 1 unspecified atom stereocenters. The van der Waals surface area contributed by atoms with Crippen LogP contribution in [-0.4, -0.2) is 40.2 Å². The summed E-state index contributed by atoms with van der Waals surface area (Å²) in [6.45, 7) is 1.80. The van der Waals surface area contributed by atoms with Crippen molar-refractivity contribution < 1.29 is 4.79 Å². The number of hydrogen-bond donors (Lipinski definition) is 4. The number of H-pyrrole nitrogens is 1. The van der Waals surface area contributed by atoms with Gasteiger partial charge in [0.25, 0.3) is 5.91 Å². The maximum atomic E-state index is 12.4. The Hall–Kier alpha value is -2.91. The molecule has 0 aliphatic carbocycles. The lowest BCUT2D eigenvalue weighted by molar-refractivity contribution is 0.102. The highest BCUT2D eigenvalue weighted by atomic mass is 32.1. The Morgan fingerprint density at radius 1 is 1.42 bits per heavy atom. The van der Waals surface area contributed by atoms with E-state index in [0.29, 0.717) is 15.7 Å². The van der Waals surface area contributed by atoms with Crippen LogP contribution >= 0.6 is 11.3 Å². The van der Waals surface area contributed by atoms with Gasteiger partial charge in [-0.05, 0) is 18.6 Å². The van der Waals surface area contributed by atoms with E-state index >= 15 is 0 Å². The number of carbonyl (C=O) groups is 1. The van der Waals surface area contributed by atoms with Gasteiger partial charge in [-0.1, -0.05) is 23.5 Å². The van der Waals surface area contributed by atoms with Gasteiger partial charge in [0.1, 0.15) is 10.0 Å². The van der Waals surface area contributed by atoms with Gasteiger partial charge in [0.2, 0.25) is 0 Å². The summed E-state index contributed by atoms with van der Waals surface area (Å²) >= 11 is 1.30. The van der Waals surface area contributed by atoms with Crippen LogP contribution in [0.15, 0.2) is 36.7 Å². The number of nitrogens with one attached hydrogen (secondary N) is 2. The number of nitrogens with two attached hydrogens (primary N) is 2. The lowest BCUT2D eigenvalue weighted by Gasteiger charge is -2.18. The maximum Gasteiger partial charge on any atom is 0.277 e. The highest BCUT2D eigenvalue weighted by Gasteiger charge is 2.21. The third-order valence-corrected chi connectivity index (χ3v) is 5.24. The molecular weight excluding hydrogens is 350 g/mol. The molecule has 3 heterocycles. The molecule has 1 saturated heterocycles. The van der Waals surface area contributed by atoms with Crippen molar-refractivity contribution in [2.45, 2.75) is 12.5 Å². The second-order valence-electron chi connectivity index (χ2n) is 6.22. The van der Waals surface area contributed by atoms with Crippen molar-refractivity contribution in [3.8, 4) is 10.6 Å². The number of aromatic amines is 1. The molecule has 0 bridgehead atoms. The van der Waals surface area contributed by atoms with Gasteiger partial charge in [0.15, 0.2) is 5.69 Å². The number of aromatic nitrogens is 3. The monoisotopic (exact) mass is 369 g/mol. The van der Waals surface area contributed by atoms with E-state index in [2.05, 4.69) is 37.5 Å². The minimum atomic E-state index is -0.354. The molecular formula is C17H19N7OS. The molecule has 26 heavy (non-hydrogen) atoms. The van der Waals surface area contributed by atoms with Crippen LogP contribution in [0.3, 0.4) is 0 Å². The average molecular weight is 369 g/mol. The van der Waals surface area contributed by atoms with E-state index < -0.39 is 0 Å². The molecule has 1 fully saturated rings. The van der Waals surface area contributed by atoms with Gasteiger partial charge in [0, 0.05) is 36.6 Å². The number of rotatable bonds is 4. The summed E-state index contributed by atoms with van der Waals surface area (Å²) in [6.07, 6.45) is 4.10. The number of nitrogen functional groups attached to an aromatic ring is 1. The molecule has 8 nitrogen and oxygen atoms in total. The maximum absolute atomic E-state index is 12.4. The molecule has 1 aliphatic rings. The van der Waals surface area contributed by atoms with Gasteiger partial charge in [-0.15, -0.1) is 0 Å². The first-order valence-corrected chi connectivity index (χ1v) is 9.09. The third-order valence-electron chi connectivity index (χ3n) is 4.31. The summed E-state index contributed by atoms with van der Waals surface area (Å²) in [6, 6.07) is 8.29. The molecule has 2 aromatic heterocycles. The molecule has 6 N–H and O–H groups in total. The Morgan fingerprint density at radius 2 is 2.31 bits per heavy atom. The van der Waals surface area contributed by atoms with Crippen molar-refractivity contribution in [3.63, 3.8) is 0 Å². The van der Waals surface area contributed by atoms with Crippen LogP contribution < -0.4 is 21.7 Å². The second kappa shape index (κ2) is 6.77. The molecule has 1 aliphatic heterocycles. The van der Waals surface area contributed by atoms with Crippen LogP contribution in [0.2, 0.25) is 0 Å². The highest BCUT2D eigenvalue weighted by Crippen LogP contribution is 2.33. The van der Waals surface area contributed by atoms with E-state index in [9.17, 15) is 4.79 Å². The van der Waals surface area contributed by atoms with Gasteiger partial charge in [-0.3, -0.25) is 9.89 Å². The van der Waals surface area contributed by atoms with E-state index in [1.165, 1.54) is 17.5 Å². The SMILES string of the molecule is Nc1sc(-c2cccc(N3CCC(N)C3)c2)nc1C(=O)Nc1cn[nH]c1. The number of benzene rings is 1. The Morgan fingerprint density at radius 3 is 3.04 bits per heavy atom. The van der Waals surface area contributed by atoms with Gasteiger partial charge in [0.05, 0.1) is 11.9 Å². The Bertz CT molecular complexity index is 921. The minimum Gasteiger partial charge on any atom is -0.389 e. The zero-order valence-electron chi connectivity index (χ0n) is 14.0. The fourth-order valence-electron chi connectivity index (χ4n) is 2.99. The van der Waals surface area contributed by atoms with Crippen molar-refractivity contribution in [2.24, 2.45) is 5.73 Å². The van der Waals surface area contributed by atoms with Gasteiger partial charge >= 0.3 is 0 Å². The summed E-state index contributed by atoms with van der Waals surface area (Å²) in [5.74, 6) is -0.354. The molecule has 1 aromatic carbocycles. The fourth-order valence-corrected chi connectivity index (χ4v) is 3.81. The number of hydrogen-bond acceptors (Lipinski definition) is 7. The van der Waals surface area contributed by atoms with E-state index in [0.717, 1.165) is 30.8 Å². The normalized spacial score (nSPS) is 16.8. The second-order valence-corrected chi connectivity index (χ2v) is 7.25. The van der Waals surface area contributed by atoms with Crippen LogP contribution in [0.5, 0.6) is 0 Å². The van der Waals surface area contributed by atoms with Crippen LogP contribution in [0.25, 0.3) is 10.6 Å². The average Bonchev–Trinajstić information content (AvgIpc) is 3.36. The van der Waals surface area contributed by atoms with Crippen LogP contribution in [0, 0.1) is 0 Å². The van der Waals surface area contributed by atoms with Crippen LogP contribution in [0.4, 0.5) is 16.4 Å². The molecule has 3 aromatic rings. The summed E-state index contributed by atoms with van der Waals surface area (Å²) in [4.78, 5) is 19.1. The molecule has 0 spiro atoms. The molecule has 4 rings (SSSR count). The standard InChI is InChI=1S/C17H19N7OS/c18-11-4-5-24(9-11)13-3-1-2-10(6-13)17-23-14(15(19)26-17)16(25)22-12-7-20-21-8-12/h1-3,6-8,11H,4-5,9,18-19H2,(H,20,21)(H,22,25). The number of carbonyl (C=O) groups excluding carboxylic acids is 1. The Balaban J connectivity index is 1.58. The Labute approximate surface area is 154 Å². The number of amides is 1. The highest BCUT2D eigenvalue weighted by molar-refractivity contribution is 7.19. The molecule has 0 saturated carbocycles. The van der Waals surface area contributed by atoms with E-state index in [4.69, 9.17) is 11.5 Å². The predicted molar refractivity (Wildman–Crippen MR) is 103 cm³/mol. The van der Waals surface area contributed by atoms with Crippen LogP contribution in [0.1, 0.15) is 16.9 Å². The lowest BCUT2D eigenvalue weighted by atomic mass is 10.2. The van der Waals surface area contributed by atoms with Crippen molar-refractivity contribution in [2.75, 3.05) is 29.0 Å². The number of nitrogens with zero attached hydrogens (tertiary/aromatic N) is 3. The summed E-state index contributed by atoms with van der Waals surface area (Å²) in [5, 5.41) is 10.2. The zero-order valence-corrected chi connectivity index (χ0v) is 14.8. The molecule has 1 atom stereocenters.